The van der Waals surface area contributed by atoms with E-state index in [2.05, 4.69) is 0 Å². The van der Waals surface area contributed by atoms with Crippen molar-refractivity contribution in [3.63, 3.8) is 0 Å². The number of carboxylic acids is 3. The molecule has 0 aromatic carbocycles. The Labute approximate surface area is 80.9 Å². The summed E-state index contributed by atoms with van der Waals surface area (Å²) in [6, 6.07) is 0. The zero-order valence-electron chi connectivity index (χ0n) is 7.04. The molecule has 0 heterocycles. The van der Waals surface area contributed by atoms with Crippen LogP contribution in [0.1, 0.15) is 0 Å². The molecule has 14 heavy (non-hydrogen) atoms. The van der Waals surface area contributed by atoms with E-state index in [1.54, 1.807) is 0 Å². The molecule has 0 saturated carbocycles. The number of aliphatic carboxylic acids is 3. The van der Waals surface area contributed by atoms with Crippen molar-refractivity contribution in [3.05, 3.63) is 0 Å². The molecule has 0 bridgehead atoms. The molecule has 0 fully saturated rings. The Morgan fingerprint density at radius 1 is 0.857 bits per heavy atom. The molecule has 0 aromatic rings. The Bertz CT molecular complexity index is 311. The molecule has 0 amide bonds. The summed E-state index contributed by atoms with van der Waals surface area (Å²) in [7, 11) is 0. The van der Waals surface area contributed by atoms with Gasteiger partial charge in [-0.1, -0.05) is 0 Å². The quantitative estimate of drug-likeness (QED) is 0.640. The molecule has 3 N–H and O–H groups in total. The van der Waals surface area contributed by atoms with Gasteiger partial charge in [-0.05, 0) is 0 Å². The van der Waals surface area contributed by atoms with Crippen LogP contribution in [0.25, 0.3) is 0 Å². The molecule has 0 rings (SSSR count). The van der Waals surface area contributed by atoms with E-state index in [9.17, 15) is 18.5 Å². The summed E-state index contributed by atoms with van der Waals surface area (Å²) in [6.45, 7) is 0. The molecule has 0 spiro atoms. The van der Waals surface area contributed by atoms with Crippen molar-refractivity contribution in [2.24, 2.45) is 0 Å². The van der Waals surface area contributed by atoms with Gasteiger partial charge in [0.1, 0.15) is 0 Å². The van der Waals surface area contributed by atoms with Gasteiger partial charge >= 0.3 is 80.3 Å². The van der Waals surface area contributed by atoms with E-state index in [0.717, 1.165) is 0 Å². The van der Waals surface area contributed by atoms with Crippen molar-refractivity contribution in [2.75, 3.05) is 0 Å². The zero-order chi connectivity index (χ0) is 11.4. The van der Waals surface area contributed by atoms with Crippen LogP contribution in [0.5, 0.6) is 0 Å². The third-order valence-corrected chi connectivity index (χ3v) is 4.85. The molecule has 0 aliphatic heterocycles. The predicted molar refractivity (Wildman–Crippen MR) is 39.1 cm³/mol. The summed E-state index contributed by atoms with van der Waals surface area (Å²) in [5, 5.41) is 22.8. The van der Waals surface area contributed by atoms with E-state index in [1.807, 2.05) is 0 Å². The average molecular weight is 243 g/mol. The van der Waals surface area contributed by atoms with Crippen LogP contribution in [0, 0.1) is 4.17 Å². The van der Waals surface area contributed by atoms with Crippen LogP contribution in [-0.4, -0.2) is 33.2 Å². The number of hydrogen-bond acceptors (Lipinski definition) is 4. The summed E-state index contributed by atoms with van der Waals surface area (Å²) in [5.41, 5.74) is 0. The minimum atomic E-state index is -3.93. The summed E-state index contributed by atoms with van der Waals surface area (Å²) >= 11 is -3.93. The van der Waals surface area contributed by atoms with Crippen molar-refractivity contribution in [1.29, 1.82) is 4.17 Å². The van der Waals surface area contributed by atoms with Gasteiger partial charge in [-0.15, -0.1) is 0 Å². The number of carbonyl (C=O) groups is 3. The number of rotatable bonds is 3. The van der Waals surface area contributed by atoms with Gasteiger partial charge in [-0.25, -0.2) is 0 Å². The van der Waals surface area contributed by atoms with Crippen molar-refractivity contribution in [3.8, 4) is 0 Å². The van der Waals surface area contributed by atoms with E-state index >= 15 is 0 Å². The van der Waals surface area contributed by atoms with Gasteiger partial charge in [0.15, 0.2) is 0 Å². The van der Waals surface area contributed by atoms with Crippen LogP contribution < -0.4 is 0 Å². The summed E-state index contributed by atoms with van der Waals surface area (Å²) < 4.78 is 9.54. The first kappa shape index (κ1) is 12.7. The topological polar surface area (TPSA) is 136 Å². The maximum absolute atomic E-state index is 10.3. The second-order valence-electron chi connectivity index (χ2n) is 2.61. The van der Waals surface area contributed by atoms with Crippen molar-refractivity contribution >= 4 is 17.9 Å². The van der Waals surface area contributed by atoms with Crippen LogP contribution in [0.4, 0.5) is 0 Å². The molecular formula is C6H9CrNO6. The van der Waals surface area contributed by atoms with E-state index in [1.165, 1.54) is 0 Å². The van der Waals surface area contributed by atoms with Crippen LogP contribution in [0.15, 0.2) is 0 Å². The Morgan fingerprint density at radius 3 is 1.21 bits per heavy atom. The Hall–Kier alpha value is -1.35. The molecule has 7 nitrogen and oxygen atoms in total. The van der Waals surface area contributed by atoms with Crippen LogP contribution in [0.3, 0.4) is 0 Å². The van der Waals surface area contributed by atoms with E-state index in [4.69, 9.17) is 15.3 Å². The first-order chi connectivity index (χ1) is 6.25. The second kappa shape index (κ2) is 4.77. The van der Waals surface area contributed by atoms with Gasteiger partial charge in [-0.2, -0.15) is 0 Å². The van der Waals surface area contributed by atoms with Gasteiger partial charge in [-0.3, -0.25) is 0 Å². The van der Waals surface area contributed by atoms with Gasteiger partial charge < -0.3 is 0 Å². The molecule has 8 heteroatoms. The normalized spacial score (nSPS) is 10.8. The molecule has 0 aliphatic carbocycles. The SMILES string of the molecule is [N]#[Cr]([CH2]C(=O)O)([CH2]C(=O)O)[CH2]C(=O)O. The molecular weight excluding hydrogens is 234 g/mol. The predicted octanol–water partition coefficient (Wildman–Crippen LogP) is 0.128. The van der Waals surface area contributed by atoms with Crippen LogP contribution in [0.2, 0.25) is 15.8 Å². The van der Waals surface area contributed by atoms with Gasteiger partial charge in [0, 0.05) is 0 Å². The molecule has 0 aliphatic rings. The third kappa shape index (κ3) is 5.32. The second-order valence-corrected chi connectivity index (χ2v) is 7.09. The summed E-state index contributed by atoms with van der Waals surface area (Å²) in [5.74, 6) is -4.14. The number of hydrogen-bond donors (Lipinski definition) is 3. The standard InChI is InChI=1S/3C2H3O2.Cr.N/c3*1-2(3)4;;/h3*1H2,(H,3,4);;. The van der Waals surface area contributed by atoms with Crippen LogP contribution in [-0.2, 0) is 27.1 Å². The molecule has 80 valence electrons. The average Bonchev–Trinajstić information content (AvgIpc) is 1.76. The van der Waals surface area contributed by atoms with Crippen molar-refractivity contribution in [2.45, 2.75) is 15.8 Å². The summed E-state index contributed by atoms with van der Waals surface area (Å²) in [4.78, 5) is 30.8. The van der Waals surface area contributed by atoms with E-state index in [0.29, 0.717) is 0 Å². The number of nitrogens with zero attached hydrogens (tertiary/aromatic N) is 1. The van der Waals surface area contributed by atoms with E-state index < -0.39 is 46.5 Å². The molecule has 0 saturated heterocycles. The monoisotopic (exact) mass is 243 g/mol. The summed E-state index contributed by atoms with van der Waals surface area (Å²) in [6.07, 6.45) is 0. The molecule has 0 aromatic heterocycles. The maximum atomic E-state index is 10.3. The fourth-order valence-corrected chi connectivity index (χ4v) is 3.47. The fourth-order valence-electron chi connectivity index (χ4n) is 0.843. The Balaban J connectivity index is 4.69. The third-order valence-electron chi connectivity index (χ3n) is 1.18. The van der Waals surface area contributed by atoms with E-state index in [-0.39, 0.29) is 0 Å². The Morgan fingerprint density at radius 2 is 1.07 bits per heavy atom. The zero-order valence-corrected chi connectivity index (χ0v) is 8.32. The molecule has 0 radical (unpaired) electrons. The fraction of sp³-hybridized carbons (Fsp3) is 0.500. The van der Waals surface area contributed by atoms with Gasteiger partial charge in [0.25, 0.3) is 0 Å². The van der Waals surface area contributed by atoms with Gasteiger partial charge in [0.2, 0.25) is 0 Å². The number of carboxylic acid groups (broad SMARTS) is 3. The molecule has 0 atom stereocenters. The first-order valence-corrected chi connectivity index (χ1v) is 6.67. The van der Waals surface area contributed by atoms with Crippen LogP contribution >= 0.6 is 0 Å². The minimum absolute atomic E-state index is 0.755. The molecule has 0 unspecified atom stereocenters. The van der Waals surface area contributed by atoms with Crippen molar-refractivity contribution < 1.29 is 42.4 Å². The van der Waals surface area contributed by atoms with Gasteiger partial charge in [0.05, 0.1) is 0 Å². The first-order valence-electron chi connectivity index (χ1n) is 3.39. The van der Waals surface area contributed by atoms with Crippen molar-refractivity contribution in [1.82, 2.24) is 0 Å². The Kier molecular flexibility index (Phi) is 4.31.